The number of hydrogen-bond acceptors (Lipinski definition) is 1. The molecule has 0 aliphatic heterocycles. The van der Waals surface area contributed by atoms with Crippen molar-refractivity contribution in [1.29, 1.82) is 0 Å². The van der Waals surface area contributed by atoms with E-state index in [-0.39, 0.29) is 5.82 Å². The van der Waals surface area contributed by atoms with E-state index in [9.17, 15) is 4.39 Å². The molecule has 0 aromatic heterocycles. The second-order valence-corrected chi connectivity index (χ2v) is 5.40. The Morgan fingerprint density at radius 1 is 0.727 bits per heavy atom. The van der Waals surface area contributed by atoms with E-state index >= 15 is 0 Å². The summed E-state index contributed by atoms with van der Waals surface area (Å²) < 4.78 is 18.9. The van der Waals surface area contributed by atoms with Crippen LogP contribution in [0.1, 0.15) is 11.1 Å². The first kappa shape index (κ1) is 14.3. The molecule has 0 bridgehead atoms. The van der Waals surface area contributed by atoms with E-state index in [1.807, 2.05) is 43.3 Å². The van der Waals surface area contributed by atoms with Crippen LogP contribution < -0.4 is 4.74 Å². The maximum atomic E-state index is 13.0. The van der Waals surface area contributed by atoms with Gasteiger partial charge in [-0.15, -0.1) is 0 Å². The van der Waals surface area contributed by atoms with Crippen molar-refractivity contribution in [3.63, 3.8) is 0 Å². The highest BCUT2D eigenvalue weighted by atomic mass is 19.1. The molecule has 0 heterocycles. The number of hydrogen-bond donors (Lipinski definition) is 0. The zero-order valence-corrected chi connectivity index (χ0v) is 12.6. The first-order valence-electron chi connectivity index (χ1n) is 7.23. The molecule has 110 valence electrons. The van der Waals surface area contributed by atoms with E-state index in [0.29, 0.717) is 0 Å². The fourth-order valence-corrected chi connectivity index (χ4v) is 2.40. The summed E-state index contributed by atoms with van der Waals surface area (Å²) >= 11 is 0. The van der Waals surface area contributed by atoms with Crippen LogP contribution in [-0.4, -0.2) is 0 Å². The van der Waals surface area contributed by atoms with E-state index in [1.165, 1.54) is 17.7 Å². The molecule has 3 aromatic carbocycles. The Hall–Kier alpha value is -2.61. The van der Waals surface area contributed by atoms with Gasteiger partial charge in [0.15, 0.2) is 0 Å². The molecule has 0 unspecified atom stereocenters. The van der Waals surface area contributed by atoms with E-state index in [0.717, 1.165) is 28.2 Å². The van der Waals surface area contributed by atoms with Gasteiger partial charge in [0.1, 0.15) is 17.3 Å². The molecule has 0 saturated carbocycles. The van der Waals surface area contributed by atoms with Gasteiger partial charge in [0.25, 0.3) is 0 Å². The molecule has 0 aliphatic carbocycles. The molecule has 0 radical (unpaired) electrons. The third-order valence-corrected chi connectivity index (χ3v) is 3.59. The average molecular weight is 292 g/mol. The summed E-state index contributed by atoms with van der Waals surface area (Å²) in [6.45, 7) is 4.10. The van der Waals surface area contributed by atoms with Crippen LogP contribution in [0, 0.1) is 19.7 Å². The van der Waals surface area contributed by atoms with Gasteiger partial charge in [0, 0.05) is 0 Å². The normalized spacial score (nSPS) is 10.5. The number of rotatable bonds is 3. The van der Waals surface area contributed by atoms with Gasteiger partial charge < -0.3 is 4.74 Å². The topological polar surface area (TPSA) is 9.23 Å². The Morgan fingerprint density at radius 2 is 1.32 bits per heavy atom. The van der Waals surface area contributed by atoms with Crippen molar-refractivity contribution in [2.75, 3.05) is 0 Å². The second-order valence-electron chi connectivity index (χ2n) is 5.40. The quantitative estimate of drug-likeness (QED) is 0.583. The monoisotopic (exact) mass is 292 g/mol. The van der Waals surface area contributed by atoms with E-state index in [1.54, 1.807) is 12.1 Å². The van der Waals surface area contributed by atoms with Gasteiger partial charge in [-0.2, -0.15) is 0 Å². The third-order valence-electron chi connectivity index (χ3n) is 3.59. The molecule has 0 N–H and O–H groups in total. The molecule has 2 heteroatoms. The summed E-state index contributed by atoms with van der Waals surface area (Å²) in [6.07, 6.45) is 0. The minimum atomic E-state index is -0.224. The molecular formula is C20H17FO. The predicted octanol–water partition coefficient (Wildman–Crippen LogP) is 5.90. The van der Waals surface area contributed by atoms with Crippen LogP contribution in [0.25, 0.3) is 11.1 Å². The molecule has 0 fully saturated rings. The van der Waals surface area contributed by atoms with Crippen LogP contribution in [0.5, 0.6) is 11.5 Å². The molecule has 0 spiro atoms. The molecule has 0 amide bonds. The van der Waals surface area contributed by atoms with Crippen LogP contribution in [0.3, 0.4) is 0 Å². The minimum absolute atomic E-state index is 0.224. The van der Waals surface area contributed by atoms with Crippen LogP contribution in [-0.2, 0) is 0 Å². The van der Waals surface area contributed by atoms with Crippen molar-refractivity contribution in [2.24, 2.45) is 0 Å². The lowest BCUT2D eigenvalue weighted by atomic mass is 10.1. The lowest BCUT2D eigenvalue weighted by Crippen LogP contribution is -1.88. The van der Waals surface area contributed by atoms with Crippen LogP contribution in [0.15, 0.2) is 66.7 Å². The fourth-order valence-electron chi connectivity index (χ4n) is 2.40. The van der Waals surface area contributed by atoms with Gasteiger partial charge >= 0.3 is 0 Å². The number of halogens is 1. The van der Waals surface area contributed by atoms with Crippen LogP contribution >= 0.6 is 0 Å². The van der Waals surface area contributed by atoms with Crippen LogP contribution in [0.2, 0.25) is 0 Å². The molecular weight excluding hydrogens is 275 g/mol. The molecule has 3 rings (SSSR count). The summed E-state index contributed by atoms with van der Waals surface area (Å²) in [6, 6.07) is 20.4. The molecule has 1 nitrogen and oxygen atoms in total. The summed E-state index contributed by atoms with van der Waals surface area (Å²) in [5, 5.41) is 0. The molecule has 0 aliphatic rings. The summed E-state index contributed by atoms with van der Waals surface area (Å²) in [5.41, 5.74) is 4.35. The van der Waals surface area contributed by atoms with Gasteiger partial charge in [0.05, 0.1) is 0 Å². The van der Waals surface area contributed by atoms with Gasteiger partial charge in [-0.05, 0) is 60.9 Å². The fraction of sp³-hybridized carbons (Fsp3) is 0.100. The molecule has 3 aromatic rings. The first-order chi connectivity index (χ1) is 10.6. The smallest absolute Gasteiger partial charge is 0.130 e. The van der Waals surface area contributed by atoms with Crippen LogP contribution in [0.4, 0.5) is 4.39 Å². The Kier molecular flexibility index (Phi) is 3.92. The molecule has 22 heavy (non-hydrogen) atoms. The zero-order valence-electron chi connectivity index (χ0n) is 12.6. The highest BCUT2D eigenvalue weighted by Gasteiger charge is 2.03. The van der Waals surface area contributed by atoms with Gasteiger partial charge in [0.2, 0.25) is 0 Å². The van der Waals surface area contributed by atoms with Gasteiger partial charge in [-0.3, -0.25) is 0 Å². The Labute approximate surface area is 130 Å². The lowest BCUT2D eigenvalue weighted by molar-refractivity contribution is 0.479. The standard InChI is InChI=1S/C20H17FO/c1-14-3-12-20(15(2)13-14)22-19-10-6-17(7-11-19)16-4-8-18(21)9-5-16/h3-13H,1-2H3. The highest BCUT2D eigenvalue weighted by molar-refractivity contribution is 5.64. The largest absolute Gasteiger partial charge is 0.457 e. The third kappa shape index (κ3) is 3.17. The Balaban J connectivity index is 1.80. The van der Waals surface area contributed by atoms with E-state index in [4.69, 9.17) is 4.74 Å². The van der Waals surface area contributed by atoms with E-state index < -0.39 is 0 Å². The van der Waals surface area contributed by atoms with Gasteiger partial charge in [-0.1, -0.05) is 42.0 Å². The Bertz CT molecular complexity index is 774. The SMILES string of the molecule is Cc1ccc(Oc2ccc(-c3ccc(F)cc3)cc2)c(C)c1. The summed E-state index contributed by atoms with van der Waals surface area (Å²) in [4.78, 5) is 0. The van der Waals surface area contributed by atoms with Crippen molar-refractivity contribution < 1.29 is 9.13 Å². The average Bonchev–Trinajstić information content (AvgIpc) is 2.52. The Morgan fingerprint density at radius 3 is 1.91 bits per heavy atom. The second kappa shape index (κ2) is 6.02. The van der Waals surface area contributed by atoms with Gasteiger partial charge in [-0.25, -0.2) is 4.39 Å². The van der Waals surface area contributed by atoms with Crippen molar-refractivity contribution in [2.45, 2.75) is 13.8 Å². The number of benzene rings is 3. The zero-order chi connectivity index (χ0) is 15.5. The van der Waals surface area contributed by atoms with Crippen molar-refractivity contribution in [3.05, 3.63) is 83.7 Å². The molecule has 0 atom stereocenters. The minimum Gasteiger partial charge on any atom is -0.457 e. The lowest BCUT2D eigenvalue weighted by Gasteiger charge is -2.10. The first-order valence-corrected chi connectivity index (χ1v) is 7.23. The highest BCUT2D eigenvalue weighted by Crippen LogP contribution is 2.28. The van der Waals surface area contributed by atoms with E-state index in [2.05, 4.69) is 13.0 Å². The van der Waals surface area contributed by atoms with Crippen molar-refractivity contribution >= 4 is 0 Å². The summed E-state index contributed by atoms with van der Waals surface area (Å²) in [7, 11) is 0. The van der Waals surface area contributed by atoms with Crippen molar-refractivity contribution in [3.8, 4) is 22.6 Å². The maximum Gasteiger partial charge on any atom is 0.130 e. The van der Waals surface area contributed by atoms with Crippen molar-refractivity contribution in [1.82, 2.24) is 0 Å². The molecule has 0 saturated heterocycles. The maximum absolute atomic E-state index is 13.0. The number of ether oxygens (including phenoxy) is 1. The predicted molar refractivity (Wildman–Crippen MR) is 87.8 cm³/mol. The number of aryl methyl sites for hydroxylation is 2. The summed E-state index contributed by atoms with van der Waals surface area (Å²) in [5.74, 6) is 1.43.